The van der Waals surface area contributed by atoms with E-state index in [1.807, 2.05) is 12.1 Å². The molecule has 1 heterocycles. The lowest BCUT2D eigenvalue weighted by molar-refractivity contribution is -0.107. The first-order valence-electron chi connectivity index (χ1n) is 6.29. The molecule has 0 bridgehead atoms. The van der Waals surface area contributed by atoms with Crippen LogP contribution in [0.3, 0.4) is 0 Å². The number of nitrogens with one attached hydrogen (secondary N) is 2. The number of aldehydes is 1. The summed E-state index contributed by atoms with van der Waals surface area (Å²) in [6.07, 6.45) is 2.76. The van der Waals surface area contributed by atoms with Crippen LogP contribution in [0.25, 0.3) is 10.2 Å². The summed E-state index contributed by atoms with van der Waals surface area (Å²) in [5.74, 6) is -0.112. The largest absolute Gasteiger partial charge is 0.397 e. The van der Waals surface area contributed by atoms with Crippen LogP contribution < -0.4 is 16.8 Å². The number of hydrogen-bond acceptors (Lipinski definition) is 5. The Morgan fingerprint density at radius 3 is 3.05 bits per heavy atom. The van der Waals surface area contributed by atoms with Crippen LogP contribution in [-0.2, 0) is 4.79 Å². The number of hydrogen-bond donors (Lipinski definition) is 4. The summed E-state index contributed by atoms with van der Waals surface area (Å²) in [6.45, 7) is 0. The van der Waals surface area contributed by atoms with Gasteiger partial charge in [-0.25, -0.2) is 4.98 Å². The Morgan fingerprint density at radius 2 is 2.35 bits per heavy atom. The summed E-state index contributed by atoms with van der Waals surface area (Å²) >= 11 is 1.53. The molecule has 20 heavy (non-hydrogen) atoms. The minimum Gasteiger partial charge on any atom is -0.397 e. The molecule has 1 aromatic carbocycles. The maximum Gasteiger partial charge on any atom is 0.186 e. The summed E-state index contributed by atoms with van der Waals surface area (Å²) < 4.78 is 1.03. The minimum atomic E-state index is -0.182. The summed E-state index contributed by atoms with van der Waals surface area (Å²) in [7, 11) is 0. The van der Waals surface area contributed by atoms with Gasteiger partial charge in [-0.1, -0.05) is 6.07 Å². The number of benzene rings is 1. The van der Waals surface area contributed by atoms with Crippen LogP contribution in [0.1, 0.15) is 30.9 Å². The molecule has 0 radical (unpaired) electrons. The van der Waals surface area contributed by atoms with Crippen LogP contribution >= 0.6 is 11.3 Å². The molecule has 0 saturated heterocycles. The first-order chi connectivity index (χ1) is 9.63. The average Bonchev–Trinajstić information content (AvgIpc) is 2.87. The zero-order chi connectivity index (χ0) is 14.5. The number of anilines is 1. The van der Waals surface area contributed by atoms with Crippen molar-refractivity contribution in [2.45, 2.75) is 25.3 Å². The third kappa shape index (κ3) is 3.05. The van der Waals surface area contributed by atoms with Gasteiger partial charge in [0.25, 0.3) is 0 Å². The molecular formula is C13H17N5OS. The topological polar surface area (TPSA) is 118 Å². The number of carbonyl (C=O) groups is 1. The lowest BCUT2D eigenvalue weighted by Gasteiger charge is -2.20. The second-order valence-corrected chi connectivity index (χ2v) is 5.36. The SMILES string of the molecule is N=C(N)NC(CCCC=O)c1ccc2scnc2c1N. The number of fused-ring (bicyclic) bond motifs is 1. The van der Waals surface area contributed by atoms with Gasteiger partial charge in [0, 0.05) is 6.42 Å². The van der Waals surface area contributed by atoms with Crippen LogP contribution in [-0.4, -0.2) is 17.2 Å². The Bertz CT molecular complexity index is 624. The van der Waals surface area contributed by atoms with Crippen molar-refractivity contribution in [2.24, 2.45) is 5.73 Å². The van der Waals surface area contributed by atoms with E-state index in [0.29, 0.717) is 24.9 Å². The number of guanidine groups is 1. The standard InChI is InChI=1S/C13H17N5OS/c14-11-8(4-5-10-12(11)17-7-20-10)9(18-13(15)16)3-1-2-6-19/h4-7,9H,1-3,14H2,(H4,15,16,18). The van der Waals surface area contributed by atoms with Crippen LogP contribution in [0.5, 0.6) is 0 Å². The Morgan fingerprint density at radius 1 is 1.55 bits per heavy atom. The Labute approximate surface area is 120 Å². The van der Waals surface area contributed by atoms with Crippen molar-refractivity contribution in [1.29, 1.82) is 5.41 Å². The molecular weight excluding hydrogens is 274 g/mol. The quantitative estimate of drug-likeness (QED) is 0.213. The number of nitrogens with zero attached hydrogens (tertiary/aromatic N) is 1. The predicted octanol–water partition coefficient (Wildman–Crippen LogP) is 1.77. The zero-order valence-corrected chi connectivity index (χ0v) is 11.7. The number of unbranched alkanes of at least 4 members (excludes halogenated alkanes) is 1. The van der Waals surface area contributed by atoms with E-state index in [4.69, 9.17) is 16.9 Å². The molecule has 7 heteroatoms. The van der Waals surface area contributed by atoms with E-state index in [9.17, 15) is 4.79 Å². The number of carbonyl (C=O) groups excluding carboxylic acids is 1. The highest BCUT2D eigenvalue weighted by Gasteiger charge is 2.17. The number of rotatable bonds is 6. The summed E-state index contributed by atoms with van der Waals surface area (Å²) in [5, 5.41) is 10.3. The molecule has 106 valence electrons. The molecule has 0 amide bonds. The lowest BCUT2D eigenvalue weighted by atomic mass is 9.99. The predicted molar refractivity (Wildman–Crippen MR) is 81.7 cm³/mol. The molecule has 2 aromatic rings. The first kappa shape index (κ1) is 14.3. The summed E-state index contributed by atoms with van der Waals surface area (Å²) in [6, 6.07) is 3.71. The van der Waals surface area contributed by atoms with Gasteiger partial charge in [-0.15, -0.1) is 11.3 Å². The van der Waals surface area contributed by atoms with Crippen LogP contribution in [0.15, 0.2) is 17.6 Å². The average molecular weight is 291 g/mol. The van der Waals surface area contributed by atoms with E-state index in [-0.39, 0.29) is 12.0 Å². The number of nitrogen functional groups attached to an aromatic ring is 1. The highest BCUT2D eigenvalue weighted by atomic mass is 32.1. The van der Waals surface area contributed by atoms with Gasteiger partial charge in [0.2, 0.25) is 0 Å². The van der Waals surface area contributed by atoms with Gasteiger partial charge in [0.1, 0.15) is 11.8 Å². The smallest absolute Gasteiger partial charge is 0.186 e. The number of aromatic nitrogens is 1. The zero-order valence-electron chi connectivity index (χ0n) is 10.9. The molecule has 1 unspecified atom stereocenters. The van der Waals surface area contributed by atoms with Crippen LogP contribution in [0.2, 0.25) is 0 Å². The second kappa shape index (κ2) is 6.33. The summed E-state index contributed by atoms with van der Waals surface area (Å²) in [5.41, 5.74) is 15.6. The van der Waals surface area contributed by atoms with Crippen molar-refractivity contribution in [1.82, 2.24) is 10.3 Å². The van der Waals surface area contributed by atoms with Crippen LogP contribution in [0.4, 0.5) is 5.69 Å². The monoisotopic (exact) mass is 291 g/mol. The van der Waals surface area contributed by atoms with E-state index >= 15 is 0 Å². The summed E-state index contributed by atoms with van der Waals surface area (Å²) in [4.78, 5) is 14.7. The molecule has 1 atom stereocenters. The lowest BCUT2D eigenvalue weighted by Crippen LogP contribution is -2.34. The van der Waals surface area contributed by atoms with Crippen LogP contribution in [0, 0.1) is 5.41 Å². The van der Waals surface area contributed by atoms with Gasteiger partial charge < -0.3 is 21.6 Å². The molecule has 6 N–H and O–H groups in total. The molecule has 0 fully saturated rings. The third-order valence-corrected chi connectivity index (χ3v) is 3.89. The van der Waals surface area contributed by atoms with Gasteiger partial charge >= 0.3 is 0 Å². The maximum absolute atomic E-state index is 10.4. The fraction of sp³-hybridized carbons (Fsp3) is 0.308. The van der Waals surface area contributed by atoms with E-state index in [1.54, 1.807) is 5.51 Å². The van der Waals surface area contributed by atoms with Gasteiger partial charge in [0.05, 0.1) is 21.9 Å². The maximum atomic E-state index is 10.4. The normalized spacial score (nSPS) is 12.2. The molecule has 0 spiro atoms. The Hall–Kier alpha value is -2.15. The minimum absolute atomic E-state index is 0.112. The highest BCUT2D eigenvalue weighted by Crippen LogP contribution is 2.32. The molecule has 0 aliphatic rings. The molecule has 0 aliphatic heterocycles. The van der Waals surface area contributed by atoms with E-state index in [2.05, 4.69) is 10.3 Å². The second-order valence-electron chi connectivity index (χ2n) is 4.48. The Balaban J connectivity index is 2.30. The van der Waals surface area contributed by atoms with Crippen molar-refractivity contribution in [3.05, 3.63) is 23.2 Å². The third-order valence-electron chi connectivity index (χ3n) is 3.10. The first-order valence-corrected chi connectivity index (χ1v) is 7.17. The number of nitrogens with two attached hydrogens (primary N) is 2. The molecule has 0 aliphatic carbocycles. The molecule has 2 rings (SSSR count). The van der Waals surface area contributed by atoms with Gasteiger partial charge in [-0.05, 0) is 24.5 Å². The van der Waals surface area contributed by atoms with E-state index in [0.717, 1.165) is 22.1 Å². The van der Waals surface area contributed by atoms with Crippen molar-refractivity contribution in [2.75, 3.05) is 5.73 Å². The Kier molecular flexibility index (Phi) is 4.52. The van der Waals surface area contributed by atoms with E-state index in [1.165, 1.54) is 11.3 Å². The van der Waals surface area contributed by atoms with Crippen molar-refractivity contribution in [3.8, 4) is 0 Å². The molecule has 1 aromatic heterocycles. The molecule has 0 saturated carbocycles. The van der Waals surface area contributed by atoms with Gasteiger partial charge in [-0.2, -0.15) is 0 Å². The fourth-order valence-electron chi connectivity index (χ4n) is 2.17. The fourth-order valence-corrected chi connectivity index (χ4v) is 2.86. The van der Waals surface area contributed by atoms with Crippen molar-refractivity contribution in [3.63, 3.8) is 0 Å². The van der Waals surface area contributed by atoms with Gasteiger partial charge in [-0.3, -0.25) is 5.41 Å². The van der Waals surface area contributed by atoms with Crippen molar-refractivity contribution < 1.29 is 4.79 Å². The van der Waals surface area contributed by atoms with Gasteiger partial charge in [0.15, 0.2) is 5.96 Å². The van der Waals surface area contributed by atoms with E-state index < -0.39 is 0 Å². The number of thiazole rings is 1. The molecule has 6 nitrogen and oxygen atoms in total. The highest BCUT2D eigenvalue weighted by molar-refractivity contribution is 7.16. The van der Waals surface area contributed by atoms with Crippen molar-refractivity contribution >= 4 is 39.5 Å².